The second-order valence-corrected chi connectivity index (χ2v) is 2.65. The van der Waals surface area contributed by atoms with Crippen LogP contribution < -0.4 is 0 Å². The maximum Gasteiger partial charge on any atom is 0.495 e. The molecule has 0 aliphatic carbocycles. The van der Waals surface area contributed by atoms with Crippen LogP contribution in [0.25, 0.3) is 0 Å². The van der Waals surface area contributed by atoms with E-state index < -0.39 is 102 Å². The number of hydrogen-bond donors (Lipinski definition) is 0. The molecule has 0 spiro atoms. The smallest absolute Gasteiger partial charge is 0.444 e. The molecular weight excluding hydrogens is 902 g/mol. The van der Waals surface area contributed by atoms with Gasteiger partial charge in [-0.25, -0.2) is 115 Å². The predicted molar refractivity (Wildman–Crippen MR) is 146 cm³/mol. The van der Waals surface area contributed by atoms with Gasteiger partial charge in [0.25, 0.3) is 0 Å². The van der Waals surface area contributed by atoms with Gasteiger partial charge in [0.05, 0.1) is 35.2 Å². The van der Waals surface area contributed by atoms with E-state index in [1.807, 2.05) is 0 Å². The Morgan fingerprint density at radius 3 is 0.464 bits per heavy atom. The molecule has 0 unspecified atom stereocenters. The largest absolute Gasteiger partial charge is 0.495 e. The first-order valence-corrected chi connectivity index (χ1v) is 10.7. The second-order valence-electron chi connectivity index (χ2n) is 2.65. The molecule has 0 heterocycles. The zero-order valence-electron chi connectivity index (χ0n) is 29.3. The third-order valence-electron chi connectivity index (χ3n) is 0.573. The lowest BCUT2D eigenvalue weighted by Crippen LogP contribution is -1.90. The first-order valence-electron chi connectivity index (χ1n) is 10.7. The number of alkyl halides is 27. The molecule has 0 aromatic rings. The summed E-state index contributed by atoms with van der Waals surface area (Å²) in [6.07, 6.45) is -3.46. The van der Waals surface area contributed by atoms with E-state index >= 15 is 0 Å². The van der Waals surface area contributed by atoms with Crippen LogP contribution in [0.15, 0.2) is 0 Å². The first kappa shape index (κ1) is 117. The van der Waals surface area contributed by atoms with Crippen molar-refractivity contribution in [2.75, 3.05) is 125 Å². The fourth-order valence-corrected chi connectivity index (χ4v) is 0.143. The Kier molecular flexibility index (Phi) is 712. The fraction of sp³-hybridized carbons (Fsp3) is 0.905. The Labute approximate surface area is 301 Å². The molecule has 35 heteroatoms. The summed E-state index contributed by atoms with van der Waals surface area (Å²) in [5, 5.41) is 0. The standard InChI is InChI=1S/C3H5FO2.C2H4F2O.C2H3FO2.11CH2F2.3CH3F.FH/c1-2-6-3(4)5;3-1-5-2-4;1-5-2(3)4;11*2-1-3;3*1-2;/h2H2,1H3;1-2H2;1H3;11*1H2;3*1H3;1H. The Balaban J connectivity index is -0.0000000173. The summed E-state index contributed by atoms with van der Waals surface area (Å²) in [7, 11) is 2.47. The van der Waals surface area contributed by atoms with E-state index in [0.717, 1.165) is 7.11 Å². The molecule has 368 valence electrons. The molecule has 0 fully saturated rings. The molecule has 0 aliphatic rings. The SMILES string of the molecule is CCOC(=O)F.CF.CF.CF.COC(=O)F.F.FCF.FCF.FCF.FCF.FCF.FCF.FCF.FCF.FCF.FCF.FCF.FCOCF. The Bertz CT molecular complexity index is 308. The molecule has 0 atom stereocenters. The van der Waals surface area contributed by atoms with E-state index in [1.165, 1.54) is 6.92 Å². The van der Waals surface area contributed by atoms with Crippen LogP contribution in [0.5, 0.6) is 0 Å². The highest BCUT2D eigenvalue weighted by Crippen LogP contribution is 1.77. The van der Waals surface area contributed by atoms with Crippen LogP contribution in [0.4, 0.5) is 142 Å². The molecule has 5 nitrogen and oxygen atoms in total. The summed E-state index contributed by atoms with van der Waals surface area (Å²) in [6, 6.07) is 0. The predicted octanol–water partition coefficient (Wildman–Crippen LogP) is 14.3. The number of hydrogen-bond acceptors (Lipinski definition) is 5. The van der Waals surface area contributed by atoms with Gasteiger partial charge in [0.15, 0.2) is 13.7 Å². The average Bonchev–Trinajstić information content (AvgIpc) is 3.12. The number of rotatable bonds is 3. The molecular formula is C21H44F30O5. The quantitative estimate of drug-likeness (QED) is 0.208. The topological polar surface area (TPSA) is 61.8 Å². The molecule has 0 saturated heterocycles. The molecule has 56 heavy (non-hydrogen) atoms. The third-order valence-corrected chi connectivity index (χ3v) is 0.573. The minimum atomic E-state index is -1.75. The maximum absolute atomic E-state index is 10.8. The van der Waals surface area contributed by atoms with Crippen LogP contribution in [0.2, 0.25) is 0 Å². The van der Waals surface area contributed by atoms with Crippen molar-refractivity contribution in [1.29, 1.82) is 0 Å². The zero-order chi connectivity index (χ0) is 49.2. The summed E-state index contributed by atoms with van der Waals surface area (Å²) in [4.78, 5) is 18.1. The molecule has 0 rings (SSSR count). The Morgan fingerprint density at radius 1 is 0.357 bits per heavy atom. The van der Waals surface area contributed by atoms with Gasteiger partial charge in [-0.2, -0.15) is 0 Å². The summed E-state index contributed by atoms with van der Waals surface area (Å²) >= 11 is 0. The van der Waals surface area contributed by atoms with Gasteiger partial charge in [-0.15, -0.1) is 8.78 Å². The summed E-state index contributed by atoms with van der Waals surface area (Å²) in [6.45, 7) is -19.7. The highest BCUT2D eigenvalue weighted by molar-refractivity contribution is 5.57. The van der Waals surface area contributed by atoms with Gasteiger partial charge >= 0.3 is 12.4 Å². The van der Waals surface area contributed by atoms with Gasteiger partial charge in [0.2, 0.25) is 76.2 Å². The van der Waals surface area contributed by atoms with Crippen molar-refractivity contribution in [3.05, 3.63) is 0 Å². The number of carbonyl (C=O) groups excluding carboxylic acids is 2. The molecule has 0 aromatic carbocycles. The van der Waals surface area contributed by atoms with Crippen molar-refractivity contribution in [3.8, 4) is 0 Å². The van der Waals surface area contributed by atoms with Crippen molar-refractivity contribution >= 4 is 12.4 Å². The van der Waals surface area contributed by atoms with Crippen molar-refractivity contribution in [1.82, 2.24) is 0 Å². The van der Waals surface area contributed by atoms with Crippen molar-refractivity contribution < 1.29 is 156 Å². The molecule has 0 aromatic heterocycles. The van der Waals surface area contributed by atoms with E-state index in [2.05, 4.69) is 14.2 Å². The lowest BCUT2D eigenvalue weighted by atomic mass is 10.9. The van der Waals surface area contributed by atoms with Crippen LogP contribution in [0, 0.1) is 0 Å². The van der Waals surface area contributed by atoms with Crippen molar-refractivity contribution in [2.24, 2.45) is 0 Å². The van der Waals surface area contributed by atoms with E-state index in [9.17, 15) is 127 Å². The van der Waals surface area contributed by atoms with Crippen LogP contribution in [-0.2, 0) is 14.2 Å². The summed E-state index contributed by atoms with van der Waals surface area (Å²) < 4.78 is 293. The Morgan fingerprint density at radius 2 is 0.464 bits per heavy atom. The van der Waals surface area contributed by atoms with Gasteiger partial charge < -0.3 is 14.2 Å². The van der Waals surface area contributed by atoms with Crippen LogP contribution >= 0.6 is 0 Å². The van der Waals surface area contributed by atoms with Gasteiger partial charge in [-0.1, -0.05) is 0 Å². The Hall–Kier alpha value is -3.20. The van der Waals surface area contributed by atoms with E-state index in [-0.39, 0.29) is 11.3 Å². The monoisotopic (exact) mass is 946 g/mol. The van der Waals surface area contributed by atoms with Gasteiger partial charge in [0.1, 0.15) is 0 Å². The molecule has 0 saturated carbocycles. The minimum absolute atomic E-state index is 0. The highest BCUT2D eigenvalue weighted by Gasteiger charge is 1.89. The maximum atomic E-state index is 10.8. The lowest BCUT2D eigenvalue weighted by Gasteiger charge is -1.85. The van der Waals surface area contributed by atoms with Gasteiger partial charge in [-0.3, -0.25) is 17.9 Å². The average molecular weight is 947 g/mol. The van der Waals surface area contributed by atoms with Gasteiger partial charge in [0, 0.05) is 0 Å². The normalized spacial score (nSPS) is 6.04. The minimum Gasteiger partial charge on any atom is -0.444 e. The zero-order valence-corrected chi connectivity index (χ0v) is 29.3. The lowest BCUT2D eigenvalue weighted by molar-refractivity contribution is 0.00296. The molecule has 0 N–H and O–H groups in total. The molecule has 0 amide bonds. The fourth-order valence-electron chi connectivity index (χ4n) is 0.143. The van der Waals surface area contributed by atoms with Gasteiger partial charge in [-0.05, 0) is 6.92 Å². The van der Waals surface area contributed by atoms with Crippen LogP contribution in [0.1, 0.15) is 6.92 Å². The molecule has 0 bridgehead atoms. The van der Waals surface area contributed by atoms with E-state index in [1.54, 1.807) is 0 Å². The number of carbonyl (C=O) groups is 2. The summed E-state index contributed by atoms with van der Waals surface area (Å²) in [5.74, 6) is 0. The van der Waals surface area contributed by atoms with Crippen molar-refractivity contribution in [3.63, 3.8) is 0 Å². The second kappa shape index (κ2) is 341. The van der Waals surface area contributed by atoms with Crippen LogP contribution in [0.3, 0.4) is 0 Å². The highest BCUT2D eigenvalue weighted by atomic mass is 19.3. The first-order chi connectivity index (χ1) is 26.0. The number of halogens is 30. The van der Waals surface area contributed by atoms with Crippen LogP contribution in [-0.4, -0.2) is 138 Å². The molecule has 0 radical (unpaired) electrons. The molecule has 0 aliphatic heterocycles. The van der Waals surface area contributed by atoms with E-state index in [4.69, 9.17) is 9.59 Å². The summed E-state index contributed by atoms with van der Waals surface area (Å²) in [5.41, 5.74) is 0. The van der Waals surface area contributed by atoms with Crippen molar-refractivity contribution in [2.45, 2.75) is 6.92 Å². The van der Waals surface area contributed by atoms with E-state index in [0.29, 0.717) is 21.5 Å². The third kappa shape index (κ3) is 8720. The number of ether oxygens (including phenoxy) is 3. The number of methoxy groups -OCH3 is 1.